The second-order valence-corrected chi connectivity index (χ2v) is 6.29. The molecular weight excluding hydrogens is 368 g/mol. The summed E-state index contributed by atoms with van der Waals surface area (Å²) in [5, 5.41) is 5.89. The second kappa shape index (κ2) is 8.05. The lowest BCUT2D eigenvalue weighted by molar-refractivity contribution is -0.115. The van der Waals surface area contributed by atoms with Crippen LogP contribution in [0.2, 0.25) is 5.02 Å². The van der Waals surface area contributed by atoms with E-state index < -0.39 is 5.91 Å². The molecule has 0 bridgehead atoms. The smallest absolute Gasteiger partial charge is 0.287 e. The minimum absolute atomic E-state index is 0.170. The van der Waals surface area contributed by atoms with Crippen molar-refractivity contribution in [1.29, 1.82) is 0 Å². The molecule has 6 nitrogen and oxygen atoms in total. The van der Waals surface area contributed by atoms with E-state index in [1.807, 2.05) is 25.1 Å². The van der Waals surface area contributed by atoms with Gasteiger partial charge in [0, 0.05) is 16.8 Å². The van der Waals surface area contributed by atoms with E-state index >= 15 is 0 Å². The van der Waals surface area contributed by atoms with Crippen molar-refractivity contribution in [2.24, 2.45) is 0 Å². The number of carbonyl (C=O) groups excluding carboxylic acids is 2. The van der Waals surface area contributed by atoms with Gasteiger partial charge in [0.2, 0.25) is 5.91 Å². The molecule has 0 atom stereocenters. The van der Waals surface area contributed by atoms with E-state index in [4.69, 9.17) is 16.0 Å². The largest absolute Gasteiger partial charge is 0.451 e. The molecule has 0 fully saturated rings. The average Bonchev–Trinajstić information content (AvgIpc) is 2.67. The molecule has 0 saturated carbocycles. The van der Waals surface area contributed by atoms with Crippen molar-refractivity contribution in [3.05, 3.63) is 75.1 Å². The summed E-state index contributed by atoms with van der Waals surface area (Å²) in [6.45, 7) is 1.74. The van der Waals surface area contributed by atoms with Gasteiger partial charge in [0.1, 0.15) is 5.58 Å². The zero-order valence-corrected chi connectivity index (χ0v) is 15.3. The Bertz CT molecular complexity index is 1080. The predicted molar refractivity (Wildman–Crippen MR) is 104 cm³/mol. The van der Waals surface area contributed by atoms with Gasteiger partial charge in [-0.15, -0.1) is 0 Å². The SMILES string of the molecule is CCc1ccccc1NC(=O)CNC(=O)c1cc(=O)c2cc(Cl)ccc2o1. The number of hydrogen-bond donors (Lipinski definition) is 2. The van der Waals surface area contributed by atoms with Gasteiger partial charge in [-0.05, 0) is 36.2 Å². The fourth-order valence-electron chi connectivity index (χ4n) is 2.63. The molecule has 0 unspecified atom stereocenters. The molecule has 0 saturated heterocycles. The summed E-state index contributed by atoms with van der Waals surface area (Å²) in [6, 6.07) is 13.1. The highest BCUT2D eigenvalue weighted by molar-refractivity contribution is 6.31. The van der Waals surface area contributed by atoms with Gasteiger partial charge in [-0.25, -0.2) is 0 Å². The van der Waals surface area contributed by atoms with Gasteiger partial charge in [-0.2, -0.15) is 0 Å². The number of halogens is 1. The average molecular weight is 385 g/mol. The Kier molecular flexibility index (Phi) is 5.57. The third-order valence-corrected chi connectivity index (χ3v) is 4.23. The number of amides is 2. The van der Waals surface area contributed by atoms with Crippen molar-refractivity contribution < 1.29 is 14.0 Å². The lowest BCUT2D eigenvalue weighted by Gasteiger charge is -2.10. The molecule has 138 valence electrons. The monoisotopic (exact) mass is 384 g/mol. The summed E-state index contributed by atoms with van der Waals surface area (Å²) in [5.41, 5.74) is 1.56. The van der Waals surface area contributed by atoms with E-state index in [2.05, 4.69) is 10.6 Å². The maximum Gasteiger partial charge on any atom is 0.287 e. The number of carbonyl (C=O) groups is 2. The molecule has 2 aromatic carbocycles. The van der Waals surface area contributed by atoms with Crippen LogP contribution in [0, 0.1) is 0 Å². The molecule has 7 heteroatoms. The Morgan fingerprint density at radius 1 is 1.11 bits per heavy atom. The first-order valence-electron chi connectivity index (χ1n) is 8.37. The van der Waals surface area contributed by atoms with Crippen LogP contribution in [0.3, 0.4) is 0 Å². The van der Waals surface area contributed by atoms with E-state index in [9.17, 15) is 14.4 Å². The molecule has 3 aromatic rings. The molecule has 27 heavy (non-hydrogen) atoms. The maximum atomic E-state index is 12.2. The zero-order valence-electron chi connectivity index (χ0n) is 14.5. The Hall–Kier alpha value is -3.12. The number of para-hydroxylation sites is 1. The van der Waals surface area contributed by atoms with Crippen LogP contribution >= 0.6 is 11.6 Å². The van der Waals surface area contributed by atoms with E-state index in [1.54, 1.807) is 12.1 Å². The lowest BCUT2D eigenvalue weighted by Crippen LogP contribution is -2.33. The summed E-state index contributed by atoms with van der Waals surface area (Å²) in [7, 11) is 0. The molecule has 0 radical (unpaired) electrons. The van der Waals surface area contributed by atoms with Gasteiger partial charge in [-0.3, -0.25) is 14.4 Å². The molecule has 0 aliphatic rings. The lowest BCUT2D eigenvalue weighted by atomic mass is 10.1. The Labute approximate surface area is 160 Å². The van der Waals surface area contributed by atoms with Gasteiger partial charge < -0.3 is 15.1 Å². The summed E-state index contributed by atoms with van der Waals surface area (Å²) in [5.74, 6) is -1.20. The molecule has 1 aromatic heterocycles. The first-order valence-corrected chi connectivity index (χ1v) is 8.75. The maximum absolute atomic E-state index is 12.2. The van der Waals surface area contributed by atoms with Gasteiger partial charge >= 0.3 is 0 Å². The van der Waals surface area contributed by atoms with E-state index in [0.29, 0.717) is 10.7 Å². The van der Waals surface area contributed by atoms with Crippen LogP contribution in [0.15, 0.2) is 57.7 Å². The molecular formula is C20H17ClN2O4. The predicted octanol–water partition coefficient (Wildman–Crippen LogP) is 3.38. The number of anilines is 1. The highest BCUT2D eigenvalue weighted by Gasteiger charge is 2.14. The first-order chi connectivity index (χ1) is 13.0. The number of aryl methyl sites for hydroxylation is 1. The normalized spacial score (nSPS) is 10.6. The number of fused-ring (bicyclic) bond motifs is 1. The molecule has 3 rings (SSSR count). The van der Waals surface area contributed by atoms with Crippen LogP contribution in [-0.2, 0) is 11.2 Å². The quantitative estimate of drug-likeness (QED) is 0.705. The van der Waals surface area contributed by atoms with Crippen LogP contribution in [0.25, 0.3) is 11.0 Å². The highest BCUT2D eigenvalue weighted by atomic mass is 35.5. The number of nitrogens with one attached hydrogen (secondary N) is 2. The number of benzene rings is 2. The topological polar surface area (TPSA) is 88.4 Å². The van der Waals surface area contributed by atoms with Crippen molar-refractivity contribution >= 4 is 40.1 Å². The van der Waals surface area contributed by atoms with Crippen molar-refractivity contribution in [2.45, 2.75) is 13.3 Å². The van der Waals surface area contributed by atoms with Crippen LogP contribution < -0.4 is 16.1 Å². The summed E-state index contributed by atoms with van der Waals surface area (Å²) >= 11 is 5.86. The van der Waals surface area contributed by atoms with E-state index in [1.165, 1.54) is 12.1 Å². The van der Waals surface area contributed by atoms with Gasteiger partial charge in [0.15, 0.2) is 11.2 Å². The Balaban J connectivity index is 1.69. The standard InChI is InChI=1S/C20H17ClN2O4/c1-2-12-5-3-4-6-15(12)23-19(25)11-22-20(26)18-10-16(24)14-9-13(21)7-8-17(14)27-18/h3-10H,2,11H2,1H3,(H,22,26)(H,23,25). The van der Waals surface area contributed by atoms with E-state index in [-0.39, 0.29) is 34.6 Å². The van der Waals surface area contributed by atoms with Crippen molar-refractivity contribution in [1.82, 2.24) is 5.32 Å². The fraction of sp³-hybridized carbons (Fsp3) is 0.150. The molecule has 2 amide bonds. The molecule has 1 heterocycles. The third-order valence-electron chi connectivity index (χ3n) is 3.99. The molecule has 0 aliphatic heterocycles. The highest BCUT2D eigenvalue weighted by Crippen LogP contribution is 2.18. The zero-order chi connectivity index (χ0) is 19.4. The molecule has 0 spiro atoms. The fourth-order valence-corrected chi connectivity index (χ4v) is 2.81. The van der Waals surface area contributed by atoms with Crippen LogP contribution in [0.1, 0.15) is 23.0 Å². The third kappa shape index (κ3) is 4.35. The molecule has 2 N–H and O–H groups in total. The number of hydrogen-bond acceptors (Lipinski definition) is 4. The van der Waals surface area contributed by atoms with Crippen LogP contribution in [0.4, 0.5) is 5.69 Å². The summed E-state index contributed by atoms with van der Waals surface area (Å²) < 4.78 is 5.44. The van der Waals surface area contributed by atoms with Crippen LogP contribution in [-0.4, -0.2) is 18.4 Å². The Morgan fingerprint density at radius 3 is 2.67 bits per heavy atom. The minimum atomic E-state index is -0.650. The minimum Gasteiger partial charge on any atom is -0.451 e. The van der Waals surface area contributed by atoms with Crippen molar-refractivity contribution in [3.8, 4) is 0 Å². The van der Waals surface area contributed by atoms with Crippen molar-refractivity contribution in [2.75, 3.05) is 11.9 Å². The first kappa shape index (κ1) is 18.7. The van der Waals surface area contributed by atoms with Crippen molar-refractivity contribution in [3.63, 3.8) is 0 Å². The van der Waals surface area contributed by atoms with Gasteiger partial charge in [0.25, 0.3) is 5.91 Å². The summed E-state index contributed by atoms with van der Waals surface area (Å²) in [4.78, 5) is 36.5. The number of rotatable bonds is 5. The second-order valence-electron chi connectivity index (χ2n) is 5.86. The van der Waals surface area contributed by atoms with Gasteiger partial charge in [-0.1, -0.05) is 36.7 Å². The van der Waals surface area contributed by atoms with E-state index in [0.717, 1.165) is 18.1 Å². The summed E-state index contributed by atoms with van der Waals surface area (Å²) in [6.07, 6.45) is 0.773. The van der Waals surface area contributed by atoms with Crippen LogP contribution in [0.5, 0.6) is 0 Å². The van der Waals surface area contributed by atoms with Gasteiger partial charge in [0.05, 0.1) is 11.9 Å². The Morgan fingerprint density at radius 2 is 1.89 bits per heavy atom. The molecule has 0 aliphatic carbocycles.